The van der Waals surface area contributed by atoms with Crippen LogP contribution in [0.3, 0.4) is 0 Å². The van der Waals surface area contributed by atoms with Gasteiger partial charge in [-0.15, -0.1) is 0 Å². The molecule has 1 atom stereocenters. The molecule has 18 nitrogen and oxygen atoms in total. The Labute approximate surface area is 375 Å². The van der Waals surface area contributed by atoms with Gasteiger partial charge < -0.3 is 44.9 Å². The third-order valence-corrected chi connectivity index (χ3v) is 7.38. The topological polar surface area (TPSA) is 269 Å². The quantitative estimate of drug-likeness (QED) is 0.0640. The predicted molar refractivity (Wildman–Crippen MR) is 170 cm³/mol. The maximum absolute atomic E-state index is 12.2. The number of unbranched alkanes of at least 4 members (excludes halogenated alkanes) is 1. The van der Waals surface area contributed by atoms with E-state index in [0.717, 1.165) is 4.90 Å². The first-order chi connectivity index (χ1) is 24.4. The number of nitrogens with zero attached hydrogens (tertiary/aromatic N) is 9. The van der Waals surface area contributed by atoms with Crippen molar-refractivity contribution in [1.29, 1.82) is 0 Å². The van der Waals surface area contributed by atoms with Crippen LogP contribution in [0, 0.1) is 49.4 Å². The van der Waals surface area contributed by atoms with E-state index >= 15 is 0 Å². The van der Waals surface area contributed by atoms with E-state index in [1.807, 2.05) is 0 Å². The van der Waals surface area contributed by atoms with Crippen LogP contribution in [-0.2, 0) is 32.3 Å². The zero-order valence-electron chi connectivity index (χ0n) is 28.0. The molecule has 0 aromatic carbocycles. The molecule has 0 aliphatic carbocycles. The van der Waals surface area contributed by atoms with Gasteiger partial charge in [0, 0.05) is 39.3 Å². The van der Waals surface area contributed by atoms with Crippen LogP contribution in [0.4, 0.5) is 5.95 Å². The van der Waals surface area contributed by atoms with Gasteiger partial charge in [0.1, 0.15) is 11.4 Å². The van der Waals surface area contributed by atoms with E-state index in [0.29, 0.717) is 53.5 Å². The average molecular weight is 914 g/mol. The third-order valence-electron chi connectivity index (χ3n) is 7.04. The molecule has 4 aromatic heterocycles. The second-order valence-electron chi connectivity index (χ2n) is 10.9. The summed E-state index contributed by atoms with van der Waals surface area (Å²) in [7, 11) is 0. The third kappa shape index (κ3) is 15.8. The molecule has 272 valence electrons. The summed E-state index contributed by atoms with van der Waals surface area (Å²) in [6.07, 6.45) is 3.75. The number of carbonyl (C=O) groups excluding carboxylic acids is 4. The molecule has 0 saturated heterocycles. The van der Waals surface area contributed by atoms with E-state index in [1.54, 1.807) is 36.4 Å². The van der Waals surface area contributed by atoms with Gasteiger partial charge in [-0.25, -0.2) is 15.0 Å². The minimum atomic E-state index is -1.49. The van der Waals surface area contributed by atoms with E-state index in [9.17, 15) is 39.6 Å². The van der Waals surface area contributed by atoms with Gasteiger partial charge >= 0.3 is 78.9 Å². The van der Waals surface area contributed by atoms with Crippen molar-refractivity contribution in [1.82, 2.24) is 44.7 Å². The molecular weight excluding hydrogens is 886 g/mol. The van der Waals surface area contributed by atoms with Crippen LogP contribution >= 0.6 is 23.2 Å². The molecule has 0 spiro atoms. The summed E-state index contributed by atoms with van der Waals surface area (Å²) in [5, 5.41) is 48.7. The smallest absolute Gasteiger partial charge is 0.549 e. The normalized spacial score (nSPS) is 11.3. The van der Waals surface area contributed by atoms with Crippen molar-refractivity contribution in [3.05, 3.63) is 70.7 Å². The number of carboxylic acid groups (broad SMARTS) is 4. The van der Waals surface area contributed by atoms with Crippen molar-refractivity contribution in [3.8, 4) is 22.8 Å². The summed E-state index contributed by atoms with van der Waals surface area (Å²) in [6.45, 7) is -1.95. The van der Waals surface area contributed by atoms with Gasteiger partial charge in [-0.2, -0.15) is 15.0 Å². The Morgan fingerprint density at radius 3 is 1.72 bits per heavy atom. The molecule has 0 aliphatic heterocycles. The summed E-state index contributed by atoms with van der Waals surface area (Å²) < 4.78 is 0. The Balaban J connectivity index is 0.00000486. The van der Waals surface area contributed by atoms with Gasteiger partial charge in [0.2, 0.25) is 16.5 Å². The van der Waals surface area contributed by atoms with Crippen molar-refractivity contribution < 1.29 is 119 Å². The number of rotatable bonds is 20. The van der Waals surface area contributed by atoms with Crippen molar-refractivity contribution >= 4 is 53.0 Å². The molecule has 1 N–H and O–H groups in total. The number of aromatic nitrogens is 7. The summed E-state index contributed by atoms with van der Waals surface area (Å²) in [6, 6.07) is 8.45. The zero-order chi connectivity index (χ0) is 36.9. The standard InChI is InChI=1S/C31H32Cl2N10O8.Eu.Na/c32-29-39-30(33)41-31(40-29)35-10-2-1-9-24(28(50)51)43(17-27(48)49)14-19-6-4-8-21(37-19)23-12-34-11-22(38-23)20-7-3-5-18(36-20)13-42(15-25(44)45)16-26(46)47;;/h3-8,11-12,24H,1-2,9-10,13-17H2,(H,44,45)(H,46,47)(H,48,49)(H,50,51)(H,35,39,40,41);;/q;+3;+1/p-4/t24-;;/m0../s1. The molecule has 22 heteroatoms. The van der Waals surface area contributed by atoms with Crippen molar-refractivity contribution in [2.24, 2.45) is 0 Å². The summed E-state index contributed by atoms with van der Waals surface area (Å²) in [4.78, 5) is 77.5. The maximum atomic E-state index is 12.2. The number of hydrogen-bond donors (Lipinski definition) is 1. The van der Waals surface area contributed by atoms with Gasteiger partial charge in [-0.05, 0) is 66.7 Å². The molecule has 0 amide bonds. The van der Waals surface area contributed by atoms with Crippen LogP contribution in [0.1, 0.15) is 30.7 Å². The zero-order valence-corrected chi connectivity index (χ0v) is 33.9. The largest absolute Gasteiger partial charge is 3.00 e. The molecule has 0 radical (unpaired) electrons. The number of halogens is 2. The number of nitrogens with one attached hydrogen (secondary N) is 1. The Hall–Kier alpha value is -2.85. The second-order valence-corrected chi connectivity index (χ2v) is 11.6. The van der Waals surface area contributed by atoms with Gasteiger partial charge in [-0.1, -0.05) is 12.1 Å². The predicted octanol–water partition coefficient (Wildman–Crippen LogP) is -5.65. The van der Waals surface area contributed by atoms with Gasteiger partial charge in [0.05, 0.1) is 65.1 Å². The van der Waals surface area contributed by atoms with Gasteiger partial charge in [-0.3, -0.25) is 14.8 Å². The number of pyridine rings is 2. The van der Waals surface area contributed by atoms with Crippen molar-refractivity contribution in [2.45, 2.75) is 38.4 Å². The molecule has 4 rings (SSSR count). The van der Waals surface area contributed by atoms with Crippen molar-refractivity contribution in [3.63, 3.8) is 0 Å². The minimum absolute atomic E-state index is 0. The minimum Gasteiger partial charge on any atom is -0.549 e. The molecule has 4 aromatic rings. The molecule has 0 unspecified atom stereocenters. The SMILES string of the molecule is O=C([O-])CN(CC(=O)[O-])Cc1cccc(-c2cncc(-c3cccc(CN(CC(=O)[O-])[C@@H](CCCCNc4nc(Cl)nc(Cl)n4)C(=O)[O-])n3)n2)n1.[Eu+3].[Na+]. The molecule has 0 bridgehead atoms. The number of aliphatic carboxylic acids is 4. The van der Waals surface area contributed by atoms with E-state index in [4.69, 9.17) is 23.2 Å². The fraction of sp³-hybridized carbons (Fsp3) is 0.323. The summed E-state index contributed by atoms with van der Waals surface area (Å²) in [5.74, 6) is -5.73. The maximum Gasteiger partial charge on any atom is 3.00 e. The molecule has 0 aliphatic rings. The van der Waals surface area contributed by atoms with Crippen LogP contribution in [0.5, 0.6) is 0 Å². The Kier molecular flexibility index (Phi) is 20.2. The number of anilines is 1. The Morgan fingerprint density at radius 1 is 0.679 bits per heavy atom. The first kappa shape index (κ1) is 46.3. The molecular formula is C31H28Cl2EuN10NaO8. The summed E-state index contributed by atoms with van der Waals surface area (Å²) >= 11 is 11.5. The number of carboxylic acids is 4. The Bertz CT molecular complexity index is 1850. The molecule has 0 saturated carbocycles. The fourth-order valence-electron chi connectivity index (χ4n) is 4.96. The van der Waals surface area contributed by atoms with E-state index in [2.05, 4.69) is 40.2 Å². The molecule has 0 fully saturated rings. The number of carbonyl (C=O) groups is 4. The first-order valence-electron chi connectivity index (χ1n) is 15.2. The van der Waals surface area contributed by atoms with Crippen LogP contribution in [0.2, 0.25) is 10.6 Å². The van der Waals surface area contributed by atoms with Crippen molar-refractivity contribution in [2.75, 3.05) is 31.5 Å². The monoisotopic (exact) mass is 914 g/mol. The van der Waals surface area contributed by atoms with Crippen LogP contribution < -0.4 is 55.3 Å². The first-order valence-corrected chi connectivity index (χ1v) is 15.9. The van der Waals surface area contributed by atoms with E-state index in [1.165, 1.54) is 17.3 Å². The second kappa shape index (κ2) is 23.2. The van der Waals surface area contributed by atoms with Crippen LogP contribution in [-0.4, -0.2) is 101 Å². The molecule has 4 heterocycles. The fourth-order valence-corrected chi connectivity index (χ4v) is 5.33. The number of hydrogen-bond acceptors (Lipinski definition) is 18. The average Bonchev–Trinajstić information content (AvgIpc) is 3.05. The van der Waals surface area contributed by atoms with Crippen LogP contribution in [0.25, 0.3) is 22.8 Å². The molecule has 53 heavy (non-hydrogen) atoms. The Morgan fingerprint density at radius 2 is 1.21 bits per heavy atom. The van der Waals surface area contributed by atoms with Gasteiger partial charge in [0.15, 0.2) is 0 Å². The van der Waals surface area contributed by atoms with Gasteiger partial charge in [0.25, 0.3) is 0 Å². The van der Waals surface area contributed by atoms with E-state index < -0.39 is 49.6 Å². The summed E-state index contributed by atoms with van der Waals surface area (Å²) in [5.41, 5.74) is 2.01. The van der Waals surface area contributed by atoms with E-state index in [-0.39, 0.29) is 115 Å². The van der Waals surface area contributed by atoms with Crippen LogP contribution in [0.15, 0.2) is 48.8 Å².